The first-order valence-electron chi connectivity index (χ1n) is 9.70. The molecule has 3 aliphatic rings. The Morgan fingerprint density at radius 1 is 1.43 bits per heavy atom. The van der Waals surface area contributed by atoms with E-state index in [1.54, 1.807) is 0 Å². The van der Waals surface area contributed by atoms with Gasteiger partial charge in [-0.3, -0.25) is 4.79 Å². The molecule has 4 rings (SSSR count). The molecule has 1 aliphatic carbocycles. The minimum absolute atomic E-state index is 0.0226. The predicted molar refractivity (Wildman–Crippen MR) is 109 cm³/mol. The van der Waals surface area contributed by atoms with Gasteiger partial charge in [-0.25, -0.2) is 4.99 Å². The molecule has 1 aromatic carbocycles. The van der Waals surface area contributed by atoms with E-state index in [4.69, 9.17) is 26.1 Å². The first-order chi connectivity index (χ1) is 13.6. The van der Waals surface area contributed by atoms with Crippen LogP contribution in [0.25, 0.3) is 0 Å². The van der Waals surface area contributed by atoms with E-state index in [1.807, 2.05) is 43.3 Å². The Morgan fingerprint density at radius 2 is 2.29 bits per heavy atom. The van der Waals surface area contributed by atoms with Gasteiger partial charge in [0.25, 0.3) is 0 Å². The maximum Gasteiger partial charge on any atom is 0.307 e. The Bertz CT molecular complexity index is 849. The number of para-hydroxylation sites is 1. The molecule has 0 saturated carbocycles. The lowest BCUT2D eigenvalue weighted by Crippen LogP contribution is -2.53. The lowest BCUT2D eigenvalue weighted by molar-refractivity contribution is -0.143. The van der Waals surface area contributed by atoms with Crippen LogP contribution in [0.5, 0.6) is 5.75 Å². The summed E-state index contributed by atoms with van der Waals surface area (Å²) in [5.41, 5.74) is 1.75. The van der Waals surface area contributed by atoms with Gasteiger partial charge < -0.3 is 19.7 Å². The quantitative estimate of drug-likeness (QED) is 0.623. The minimum Gasteiger partial charge on any atom is -0.466 e. The van der Waals surface area contributed by atoms with Crippen molar-refractivity contribution in [2.24, 2.45) is 4.99 Å². The van der Waals surface area contributed by atoms with Gasteiger partial charge in [-0.1, -0.05) is 18.2 Å². The van der Waals surface area contributed by atoms with Crippen molar-refractivity contribution in [1.82, 2.24) is 10.2 Å². The van der Waals surface area contributed by atoms with Crippen LogP contribution in [-0.2, 0) is 9.53 Å². The van der Waals surface area contributed by atoms with Crippen molar-refractivity contribution in [3.05, 3.63) is 53.4 Å². The number of nitrogens with one attached hydrogen (secondary N) is 1. The number of nitrogens with zero attached hydrogens (tertiary/aromatic N) is 2. The van der Waals surface area contributed by atoms with E-state index in [0.717, 1.165) is 42.4 Å². The van der Waals surface area contributed by atoms with Crippen molar-refractivity contribution in [2.75, 3.05) is 26.2 Å². The van der Waals surface area contributed by atoms with Gasteiger partial charge in [-0.05, 0) is 31.6 Å². The Labute approximate surface area is 169 Å². The van der Waals surface area contributed by atoms with Crippen molar-refractivity contribution in [2.45, 2.75) is 31.2 Å². The van der Waals surface area contributed by atoms with Gasteiger partial charge in [0.2, 0.25) is 0 Å². The van der Waals surface area contributed by atoms with Crippen molar-refractivity contribution in [3.8, 4) is 5.75 Å². The number of esters is 1. The second-order valence-electron chi connectivity index (χ2n) is 7.01. The van der Waals surface area contributed by atoms with E-state index in [2.05, 4.69) is 10.2 Å². The topological polar surface area (TPSA) is 63.2 Å². The van der Waals surface area contributed by atoms with Crippen LogP contribution < -0.4 is 10.1 Å². The number of carbonyl (C=O) groups excluding carboxylic acids is 1. The number of ether oxygens (including phenoxy) is 2. The SMILES string of the molecule is CCOC(=O)CC1CN(C2=NC3=CCC(Cl)C=C3Oc3ccccc32)CCN1. The number of allylic oxidation sites excluding steroid dienone is 2. The zero-order valence-electron chi connectivity index (χ0n) is 15.9. The third-order valence-corrected chi connectivity index (χ3v) is 5.27. The molecule has 0 spiro atoms. The summed E-state index contributed by atoms with van der Waals surface area (Å²) in [6.07, 6.45) is 5.01. The number of carbonyl (C=O) groups is 1. The standard InChI is InChI=1S/C21H24ClN3O3/c1-2-27-20(26)12-15-13-25(10-9-23-15)21-16-5-3-4-6-18(16)28-19-11-14(22)7-8-17(19)24-21/h3-6,8,11,14-15,23H,2,7,9-10,12-13H2,1H3. The highest BCUT2D eigenvalue weighted by molar-refractivity contribution is 6.22. The first-order valence-corrected chi connectivity index (χ1v) is 10.1. The fourth-order valence-electron chi connectivity index (χ4n) is 3.68. The number of aliphatic imine (C=N–C) groups is 1. The molecule has 0 aromatic heterocycles. The summed E-state index contributed by atoms with van der Waals surface area (Å²) in [6, 6.07) is 7.93. The van der Waals surface area contributed by atoms with Crippen molar-refractivity contribution in [3.63, 3.8) is 0 Å². The molecule has 0 amide bonds. The fourth-order valence-corrected chi connectivity index (χ4v) is 3.88. The Hall–Kier alpha value is -2.31. The van der Waals surface area contributed by atoms with Crippen LogP contribution in [0.4, 0.5) is 0 Å². The zero-order valence-corrected chi connectivity index (χ0v) is 16.6. The minimum atomic E-state index is -0.179. The number of hydrogen-bond donors (Lipinski definition) is 1. The summed E-state index contributed by atoms with van der Waals surface area (Å²) in [7, 11) is 0. The third-order valence-electron chi connectivity index (χ3n) is 4.97. The molecule has 148 valence electrons. The summed E-state index contributed by atoms with van der Waals surface area (Å²) >= 11 is 6.28. The summed E-state index contributed by atoms with van der Waals surface area (Å²) < 4.78 is 11.3. The molecule has 28 heavy (non-hydrogen) atoms. The van der Waals surface area contributed by atoms with Gasteiger partial charge in [-0.2, -0.15) is 0 Å². The number of halogens is 1. The van der Waals surface area contributed by atoms with Gasteiger partial charge in [0.1, 0.15) is 23.0 Å². The van der Waals surface area contributed by atoms with E-state index in [1.165, 1.54) is 0 Å². The molecule has 2 heterocycles. The van der Waals surface area contributed by atoms with Gasteiger partial charge in [0.15, 0.2) is 0 Å². The van der Waals surface area contributed by atoms with Crippen molar-refractivity contribution < 1.29 is 14.3 Å². The van der Waals surface area contributed by atoms with Gasteiger partial charge in [-0.15, -0.1) is 11.6 Å². The molecule has 1 saturated heterocycles. The molecule has 2 unspecified atom stereocenters. The van der Waals surface area contributed by atoms with Crippen LogP contribution in [0.3, 0.4) is 0 Å². The molecule has 1 aromatic rings. The molecular formula is C21H24ClN3O3. The van der Waals surface area contributed by atoms with Crippen molar-refractivity contribution in [1.29, 1.82) is 0 Å². The molecule has 0 bridgehead atoms. The normalized spacial score (nSPS) is 23.9. The number of rotatable bonds is 3. The van der Waals surface area contributed by atoms with Crippen molar-refractivity contribution >= 4 is 23.4 Å². The summed E-state index contributed by atoms with van der Waals surface area (Å²) in [5, 5.41) is 3.32. The number of benzene rings is 1. The van der Waals surface area contributed by atoms with Crippen LogP contribution in [0.15, 0.2) is 52.9 Å². The lowest BCUT2D eigenvalue weighted by Gasteiger charge is -2.35. The molecule has 0 radical (unpaired) electrons. The van der Waals surface area contributed by atoms with Crippen LogP contribution in [0.2, 0.25) is 0 Å². The third kappa shape index (κ3) is 4.08. The van der Waals surface area contributed by atoms with Gasteiger partial charge in [0.05, 0.1) is 24.0 Å². The van der Waals surface area contributed by atoms with E-state index in [-0.39, 0.29) is 17.4 Å². The smallest absolute Gasteiger partial charge is 0.307 e. The maximum atomic E-state index is 11.9. The summed E-state index contributed by atoms with van der Waals surface area (Å²) in [4.78, 5) is 19.1. The molecule has 7 heteroatoms. The molecule has 2 atom stereocenters. The second-order valence-corrected chi connectivity index (χ2v) is 7.57. The van der Waals surface area contributed by atoms with Gasteiger partial charge >= 0.3 is 5.97 Å². The number of alkyl halides is 1. The zero-order chi connectivity index (χ0) is 19.5. The van der Waals surface area contributed by atoms with Crippen LogP contribution in [0.1, 0.15) is 25.3 Å². The van der Waals surface area contributed by atoms with Crippen LogP contribution in [-0.4, -0.2) is 54.4 Å². The highest BCUT2D eigenvalue weighted by Crippen LogP contribution is 2.33. The number of hydrogen-bond acceptors (Lipinski definition) is 6. The molecule has 1 fully saturated rings. The highest BCUT2D eigenvalue weighted by atomic mass is 35.5. The summed E-state index contributed by atoms with van der Waals surface area (Å²) in [6.45, 7) is 4.48. The molecule has 1 N–H and O–H groups in total. The second kappa shape index (κ2) is 8.37. The first kappa shape index (κ1) is 19.0. The van der Waals surface area contributed by atoms with Crippen LogP contribution in [0, 0.1) is 0 Å². The van der Waals surface area contributed by atoms with Gasteiger partial charge in [0, 0.05) is 25.7 Å². The maximum absolute atomic E-state index is 11.9. The molecule has 6 nitrogen and oxygen atoms in total. The molecular weight excluding hydrogens is 378 g/mol. The van der Waals surface area contributed by atoms with Crippen LogP contribution >= 0.6 is 11.6 Å². The summed E-state index contributed by atoms with van der Waals surface area (Å²) in [5.74, 6) is 2.16. The Morgan fingerprint density at radius 3 is 3.14 bits per heavy atom. The van der Waals surface area contributed by atoms with E-state index >= 15 is 0 Å². The van der Waals surface area contributed by atoms with E-state index in [9.17, 15) is 4.79 Å². The average Bonchev–Trinajstić information content (AvgIpc) is 2.84. The lowest BCUT2D eigenvalue weighted by atomic mass is 10.1. The Kier molecular flexibility index (Phi) is 5.69. The number of amidine groups is 1. The molecule has 2 aliphatic heterocycles. The highest BCUT2D eigenvalue weighted by Gasteiger charge is 2.29. The van der Waals surface area contributed by atoms with E-state index < -0.39 is 0 Å². The monoisotopic (exact) mass is 401 g/mol. The predicted octanol–water partition coefficient (Wildman–Crippen LogP) is 2.83. The fraction of sp³-hybridized carbons (Fsp3) is 0.429. The Balaban J connectivity index is 1.63. The van der Waals surface area contributed by atoms with E-state index in [0.29, 0.717) is 25.3 Å². The number of fused-ring (bicyclic) bond motifs is 2. The largest absolute Gasteiger partial charge is 0.466 e. The number of piperazine rings is 1. The average molecular weight is 402 g/mol.